The van der Waals surface area contributed by atoms with Gasteiger partial charge in [-0.05, 0) is 36.8 Å². The third kappa shape index (κ3) is 5.92. The molecule has 5 heterocycles. The van der Waals surface area contributed by atoms with E-state index in [4.69, 9.17) is 4.74 Å². The Hall–Kier alpha value is -4.08. The number of alkyl halides is 3. The molecule has 226 valence electrons. The number of thiazole rings is 1. The summed E-state index contributed by atoms with van der Waals surface area (Å²) in [4.78, 5) is 40.3. The number of pyridine rings is 1. The Kier molecular flexibility index (Phi) is 7.79. The lowest BCUT2D eigenvalue weighted by molar-refractivity contribution is -0.141. The second-order valence-corrected chi connectivity index (χ2v) is 11.4. The SMILES string of the molecule is CO[C@@]1(C(=O)Nc2ccc3[nH]nc(-c4ccnc(C(F)(F)F)c4)c3c2)CCN(CC(=O)N2CCN(c3nccs3)CC2)C1. The largest absolute Gasteiger partial charge is 0.433 e. The lowest BCUT2D eigenvalue weighted by Crippen LogP contribution is -2.52. The van der Waals surface area contributed by atoms with Crippen molar-refractivity contribution < 1.29 is 27.5 Å². The van der Waals surface area contributed by atoms with E-state index in [1.807, 2.05) is 15.2 Å². The molecule has 2 amide bonds. The van der Waals surface area contributed by atoms with E-state index in [1.165, 1.54) is 13.2 Å². The summed E-state index contributed by atoms with van der Waals surface area (Å²) in [6.45, 7) is 3.60. The molecule has 1 aromatic carbocycles. The quantitative estimate of drug-likeness (QED) is 0.325. The Morgan fingerprint density at radius 1 is 1.09 bits per heavy atom. The number of fused-ring (bicyclic) bond motifs is 1. The van der Waals surface area contributed by atoms with Crippen LogP contribution >= 0.6 is 11.3 Å². The van der Waals surface area contributed by atoms with Gasteiger partial charge in [0.2, 0.25) is 5.91 Å². The standard InChI is InChI=1S/C28H29F3N8O3S/c1-42-27(5-8-37(17-27)16-23(40)38-9-11-39(12-10-38)26-33-7-13-43-26)25(41)34-19-2-3-21-20(15-19)24(36-35-21)18-4-6-32-22(14-18)28(29,30)31/h2-4,6-7,13-15H,5,8-12,16-17H2,1H3,(H,34,41)(H,35,36)/t27-/m0/s1. The highest BCUT2D eigenvalue weighted by molar-refractivity contribution is 7.13. The number of aromatic nitrogens is 4. The fourth-order valence-electron chi connectivity index (χ4n) is 5.54. The minimum absolute atomic E-state index is 0.00818. The molecule has 0 spiro atoms. The Morgan fingerprint density at radius 2 is 1.91 bits per heavy atom. The monoisotopic (exact) mass is 614 g/mol. The van der Waals surface area contributed by atoms with E-state index in [0.717, 1.165) is 30.5 Å². The number of hydrogen-bond acceptors (Lipinski definition) is 9. The first-order chi connectivity index (χ1) is 20.6. The number of H-pyrrole nitrogens is 1. The third-order valence-corrected chi connectivity index (χ3v) is 8.77. The van der Waals surface area contributed by atoms with Crippen LogP contribution in [0.25, 0.3) is 22.2 Å². The van der Waals surface area contributed by atoms with Gasteiger partial charge in [-0.2, -0.15) is 18.3 Å². The number of rotatable bonds is 7. The highest BCUT2D eigenvalue weighted by Crippen LogP contribution is 2.34. The number of likely N-dealkylation sites (tertiary alicyclic amines) is 1. The fourth-order valence-corrected chi connectivity index (χ4v) is 6.23. The van der Waals surface area contributed by atoms with Gasteiger partial charge in [-0.25, -0.2) is 4.98 Å². The van der Waals surface area contributed by atoms with Gasteiger partial charge in [0.25, 0.3) is 5.91 Å². The number of piperazine rings is 1. The van der Waals surface area contributed by atoms with Gasteiger partial charge in [0, 0.05) is 80.8 Å². The molecule has 11 nitrogen and oxygen atoms in total. The van der Waals surface area contributed by atoms with Gasteiger partial charge in [-0.15, -0.1) is 11.3 Å². The van der Waals surface area contributed by atoms with Crippen molar-refractivity contribution in [3.8, 4) is 11.3 Å². The third-order valence-electron chi connectivity index (χ3n) is 7.94. The number of ether oxygens (including phenoxy) is 1. The van der Waals surface area contributed by atoms with E-state index in [-0.39, 0.29) is 30.5 Å². The molecular formula is C28H29F3N8O3S. The van der Waals surface area contributed by atoms with Gasteiger partial charge in [0.05, 0.1) is 12.1 Å². The van der Waals surface area contributed by atoms with Gasteiger partial charge < -0.3 is 19.9 Å². The zero-order valence-electron chi connectivity index (χ0n) is 23.2. The van der Waals surface area contributed by atoms with E-state index >= 15 is 0 Å². The molecule has 1 atom stereocenters. The van der Waals surface area contributed by atoms with E-state index in [0.29, 0.717) is 48.3 Å². The van der Waals surface area contributed by atoms with E-state index in [1.54, 1.807) is 35.7 Å². The summed E-state index contributed by atoms with van der Waals surface area (Å²) in [5.74, 6) is -0.358. The van der Waals surface area contributed by atoms with Crippen LogP contribution in [0.1, 0.15) is 12.1 Å². The number of hydrogen-bond donors (Lipinski definition) is 2. The number of nitrogens with one attached hydrogen (secondary N) is 2. The zero-order valence-corrected chi connectivity index (χ0v) is 24.0. The van der Waals surface area contributed by atoms with Gasteiger partial charge >= 0.3 is 6.18 Å². The summed E-state index contributed by atoms with van der Waals surface area (Å²) in [5.41, 5.74) is -0.600. The predicted octanol–water partition coefficient (Wildman–Crippen LogP) is 3.48. The van der Waals surface area contributed by atoms with Crippen LogP contribution < -0.4 is 10.2 Å². The highest BCUT2D eigenvalue weighted by Gasteiger charge is 2.45. The molecule has 0 aliphatic carbocycles. The predicted molar refractivity (Wildman–Crippen MR) is 155 cm³/mol. The average Bonchev–Trinajstić information content (AvgIpc) is 3.77. The van der Waals surface area contributed by atoms with Crippen LogP contribution in [-0.4, -0.2) is 100 Å². The van der Waals surface area contributed by atoms with Crippen molar-refractivity contribution in [2.75, 3.05) is 63.1 Å². The van der Waals surface area contributed by atoms with Gasteiger partial charge in [-0.3, -0.25) is 24.6 Å². The van der Waals surface area contributed by atoms with Crippen LogP contribution in [0.5, 0.6) is 0 Å². The lowest BCUT2D eigenvalue weighted by atomic mass is 10.0. The maximum atomic E-state index is 13.5. The molecular weight excluding hydrogens is 585 g/mol. The molecule has 3 aromatic heterocycles. The van der Waals surface area contributed by atoms with Crippen molar-refractivity contribution >= 4 is 44.9 Å². The summed E-state index contributed by atoms with van der Waals surface area (Å²) in [6.07, 6.45) is -1.33. The van der Waals surface area contributed by atoms with Crippen molar-refractivity contribution in [1.82, 2.24) is 30.0 Å². The van der Waals surface area contributed by atoms with Crippen LogP contribution in [0.2, 0.25) is 0 Å². The van der Waals surface area contributed by atoms with Gasteiger partial charge in [0.1, 0.15) is 11.4 Å². The van der Waals surface area contributed by atoms with Crippen LogP contribution in [0.4, 0.5) is 24.0 Å². The van der Waals surface area contributed by atoms with Gasteiger partial charge in [0.15, 0.2) is 10.7 Å². The molecule has 2 aliphatic heterocycles. The van der Waals surface area contributed by atoms with E-state index < -0.39 is 17.5 Å². The van der Waals surface area contributed by atoms with Crippen LogP contribution in [-0.2, 0) is 20.5 Å². The summed E-state index contributed by atoms with van der Waals surface area (Å²) >= 11 is 1.58. The summed E-state index contributed by atoms with van der Waals surface area (Å²) in [6, 6.07) is 7.42. The molecule has 0 saturated carbocycles. The average molecular weight is 615 g/mol. The van der Waals surface area contributed by atoms with Crippen molar-refractivity contribution in [2.24, 2.45) is 0 Å². The molecule has 2 aliphatic rings. The van der Waals surface area contributed by atoms with Gasteiger partial charge in [-0.1, -0.05) is 0 Å². The number of halogens is 3. The number of methoxy groups -OCH3 is 1. The number of carbonyl (C=O) groups is 2. The summed E-state index contributed by atoms with van der Waals surface area (Å²) in [7, 11) is 1.47. The fraction of sp³-hybridized carbons (Fsp3) is 0.393. The summed E-state index contributed by atoms with van der Waals surface area (Å²) < 4.78 is 45.4. The van der Waals surface area contributed by atoms with Crippen LogP contribution in [0, 0.1) is 0 Å². The number of nitrogens with zero attached hydrogens (tertiary/aromatic N) is 6. The minimum atomic E-state index is -4.59. The van der Waals surface area contributed by atoms with Crippen molar-refractivity contribution in [3.05, 3.63) is 53.8 Å². The number of benzene rings is 1. The Bertz CT molecular complexity index is 1620. The van der Waals surface area contributed by atoms with Crippen LogP contribution in [0.15, 0.2) is 48.1 Å². The number of aromatic amines is 1. The lowest BCUT2D eigenvalue weighted by Gasteiger charge is -2.35. The number of amides is 2. The molecule has 43 heavy (non-hydrogen) atoms. The van der Waals surface area contributed by atoms with Crippen LogP contribution in [0.3, 0.4) is 0 Å². The minimum Gasteiger partial charge on any atom is -0.367 e. The molecule has 0 radical (unpaired) electrons. The topological polar surface area (TPSA) is 120 Å². The second kappa shape index (κ2) is 11.5. The normalized spacial score (nSPS) is 19.7. The molecule has 0 unspecified atom stereocenters. The Morgan fingerprint density at radius 3 is 2.63 bits per heavy atom. The zero-order chi connectivity index (χ0) is 30.2. The maximum absolute atomic E-state index is 13.5. The number of carbonyl (C=O) groups excluding carboxylic acids is 2. The first kappa shape index (κ1) is 29.0. The summed E-state index contributed by atoms with van der Waals surface area (Å²) in [5, 5.41) is 13.4. The molecule has 2 fully saturated rings. The van der Waals surface area contributed by atoms with E-state index in [9.17, 15) is 22.8 Å². The molecule has 0 bridgehead atoms. The molecule has 2 N–H and O–H groups in total. The Labute approximate surface area is 248 Å². The first-order valence-electron chi connectivity index (χ1n) is 13.7. The van der Waals surface area contributed by atoms with Crippen molar-refractivity contribution in [3.63, 3.8) is 0 Å². The first-order valence-corrected chi connectivity index (χ1v) is 14.6. The van der Waals surface area contributed by atoms with Crippen molar-refractivity contribution in [2.45, 2.75) is 18.2 Å². The molecule has 15 heteroatoms. The van der Waals surface area contributed by atoms with Crippen molar-refractivity contribution in [1.29, 1.82) is 0 Å². The van der Waals surface area contributed by atoms with E-state index in [2.05, 4.69) is 30.4 Å². The maximum Gasteiger partial charge on any atom is 0.433 e. The second-order valence-electron chi connectivity index (χ2n) is 10.6. The smallest absolute Gasteiger partial charge is 0.367 e. The highest BCUT2D eigenvalue weighted by atomic mass is 32.1. The molecule has 2 saturated heterocycles. The molecule has 6 rings (SSSR count). The molecule has 4 aromatic rings. The number of anilines is 2. The Balaban J connectivity index is 1.10.